The molecule has 28 heavy (non-hydrogen) atoms. The predicted octanol–water partition coefficient (Wildman–Crippen LogP) is 3.36. The number of rotatable bonds is 8. The maximum Gasteiger partial charge on any atom is 0.341 e. The molecule has 2 rings (SSSR count). The van der Waals surface area contributed by atoms with Crippen molar-refractivity contribution in [1.29, 1.82) is 0 Å². The standard InChI is InChI=1S/C18H18N2O7S/c1-4-26-18(23)15-10(2)16(11(3)21)28-17(15)19-14(22)9-27-13-7-5-12(6-8-13)20(24)25/h5-8H,4,9H2,1-3H3,(H,19,22). The summed E-state index contributed by atoms with van der Waals surface area (Å²) >= 11 is 0.991. The van der Waals surface area contributed by atoms with Crippen LogP contribution in [0.15, 0.2) is 24.3 Å². The van der Waals surface area contributed by atoms with Gasteiger partial charge in [-0.15, -0.1) is 11.3 Å². The number of Topliss-reactive ketones (excluding diaryl/α,β-unsaturated/α-hetero) is 1. The van der Waals surface area contributed by atoms with Gasteiger partial charge in [0.05, 0.1) is 22.0 Å². The van der Waals surface area contributed by atoms with Crippen LogP contribution in [0.5, 0.6) is 5.75 Å². The Morgan fingerprint density at radius 3 is 2.39 bits per heavy atom. The highest BCUT2D eigenvalue weighted by molar-refractivity contribution is 7.18. The molecule has 0 spiro atoms. The van der Waals surface area contributed by atoms with Crippen LogP contribution in [-0.4, -0.2) is 35.8 Å². The molecule has 148 valence electrons. The monoisotopic (exact) mass is 406 g/mol. The van der Waals surface area contributed by atoms with Gasteiger partial charge in [0, 0.05) is 12.1 Å². The number of carbonyl (C=O) groups is 3. The van der Waals surface area contributed by atoms with Gasteiger partial charge in [0.2, 0.25) is 0 Å². The van der Waals surface area contributed by atoms with E-state index in [-0.39, 0.29) is 41.0 Å². The first-order chi connectivity index (χ1) is 13.2. The van der Waals surface area contributed by atoms with Gasteiger partial charge in [0.1, 0.15) is 10.8 Å². The van der Waals surface area contributed by atoms with Crippen molar-refractivity contribution in [2.45, 2.75) is 20.8 Å². The van der Waals surface area contributed by atoms with Gasteiger partial charge in [-0.25, -0.2) is 4.79 Å². The first-order valence-electron chi connectivity index (χ1n) is 8.23. The number of nitrogens with one attached hydrogen (secondary N) is 1. The fourth-order valence-corrected chi connectivity index (χ4v) is 3.47. The van der Waals surface area contributed by atoms with Crippen LogP contribution >= 0.6 is 11.3 Å². The number of hydrogen-bond acceptors (Lipinski definition) is 8. The first kappa shape index (κ1) is 21.0. The molecule has 1 heterocycles. The van der Waals surface area contributed by atoms with E-state index in [0.29, 0.717) is 10.4 Å². The van der Waals surface area contributed by atoms with Gasteiger partial charge in [0.25, 0.3) is 11.6 Å². The van der Waals surface area contributed by atoms with Crippen LogP contribution in [0.25, 0.3) is 0 Å². The molecular weight excluding hydrogens is 388 g/mol. The number of benzene rings is 1. The molecule has 10 heteroatoms. The van der Waals surface area contributed by atoms with Gasteiger partial charge < -0.3 is 14.8 Å². The molecular formula is C18H18N2O7S. The van der Waals surface area contributed by atoms with Crippen molar-refractivity contribution in [3.63, 3.8) is 0 Å². The van der Waals surface area contributed by atoms with E-state index in [2.05, 4.69) is 5.32 Å². The minimum Gasteiger partial charge on any atom is -0.484 e. The number of ether oxygens (including phenoxy) is 2. The average molecular weight is 406 g/mol. The Hall–Kier alpha value is -3.27. The Balaban J connectivity index is 2.12. The Labute approximate surface area is 164 Å². The van der Waals surface area contributed by atoms with Crippen LogP contribution in [0.3, 0.4) is 0 Å². The largest absolute Gasteiger partial charge is 0.484 e. The molecule has 0 unspecified atom stereocenters. The number of anilines is 1. The van der Waals surface area contributed by atoms with Crippen LogP contribution < -0.4 is 10.1 Å². The number of nitro benzene ring substituents is 1. The molecule has 1 amide bonds. The smallest absolute Gasteiger partial charge is 0.341 e. The van der Waals surface area contributed by atoms with E-state index in [9.17, 15) is 24.5 Å². The summed E-state index contributed by atoms with van der Waals surface area (Å²) in [6.45, 7) is 4.41. The van der Waals surface area contributed by atoms with Crippen molar-refractivity contribution < 1.29 is 28.8 Å². The third kappa shape index (κ3) is 4.92. The molecule has 1 N–H and O–H groups in total. The summed E-state index contributed by atoms with van der Waals surface area (Å²) in [6.07, 6.45) is 0. The molecule has 0 saturated carbocycles. The third-order valence-electron chi connectivity index (χ3n) is 3.62. The molecule has 0 radical (unpaired) electrons. The number of hydrogen-bond donors (Lipinski definition) is 1. The molecule has 2 aromatic rings. The Morgan fingerprint density at radius 1 is 1.21 bits per heavy atom. The van der Waals surface area contributed by atoms with Crippen LogP contribution in [0.2, 0.25) is 0 Å². The van der Waals surface area contributed by atoms with Crippen molar-refractivity contribution in [3.05, 3.63) is 50.4 Å². The van der Waals surface area contributed by atoms with E-state index < -0.39 is 16.8 Å². The van der Waals surface area contributed by atoms with Crippen LogP contribution in [-0.2, 0) is 9.53 Å². The van der Waals surface area contributed by atoms with Gasteiger partial charge in [-0.1, -0.05) is 0 Å². The second-order valence-corrected chi connectivity index (χ2v) is 6.65. The molecule has 0 bridgehead atoms. The van der Waals surface area contributed by atoms with Gasteiger partial charge in [0.15, 0.2) is 12.4 Å². The zero-order chi connectivity index (χ0) is 20.8. The number of carbonyl (C=O) groups excluding carboxylic acids is 3. The molecule has 0 saturated heterocycles. The minimum absolute atomic E-state index is 0.0956. The van der Waals surface area contributed by atoms with Crippen molar-refractivity contribution >= 4 is 39.7 Å². The number of nitrogens with zero attached hydrogens (tertiary/aromatic N) is 1. The Morgan fingerprint density at radius 2 is 1.86 bits per heavy atom. The second kappa shape index (κ2) is 9.09. The number of amides is 1. The summed E-state index contributed by atoms with van der Waals surface area (Å²) in [5.74, 6) is -1.13. The summed E-state index contributed by atoms with van der Waals surface area (Å²) in [5.41, 5.74) is 0.491. The second-order valence-electron chi connectivity index (χ2n) is 5.62. The number of nitro groups is 1. The molecule has 0 atom stereocenters. The quantitative estimate of drug-likeness (QED) is 0.308. The van der Waals surface area contributed by atoms with E-state index in [0.717, 1.165) is 11.3 Å². The summed E-state index contributed by atoms with van der Waals surface area (Å²) < 4.78 is 10.3. The third-order valence-corrected chi connectivity index (χ3v) is 4.92. The number of ketones is 1. The van der Waals surface area contributed by atoms with Crippen LogP contribution in [0, 0.1) is 17.0 Å². The molecule has 0 fully saturated rings. The van der Waals surface area contributed by atoms with E-state index in [1.54, 1.807) is 13.8 Å². The van der Waals surface area contributed by atoms with Crippen molar-refractivity contribution in [3.8, 4) is 5.75 Å². The summed E-state index contributed by atoms with van der Waals surface area (Å²) in [7, 11) is 0. The van der Waals surface area contributed by atoms with E-state index in [4.69, 9.17) is 9.47 Å². The molecule has 0 aliphatic rings. The van der Waals surface area contributed by atoms with E-state index >= 15 is 0 Å². The predicted molar refractivity (Wildman–Crippen MR) is 102 cm³/mol. The van der Waals surface area contributed by atoms with Crippen molar-refractivity contribution in [2.75, 3.05) is 18.5 Å². The highest BCUT2D eigenvalue weighted by atomic mass is 32.1. The lowest BCUT2D eigenvalue weighted by molar-refractivity contribution is -0.384. The zero-order valence-electron chi connectivity index (χ0n) is 15.4. The summed E-state index contributed by atoms with van der Waals surface area (Å²) in [5, 5.41) is 13.4. The molecule has 1 aromatic heterocycles. The fourth-order valence-electron chi connectivity index (χ4n) is 2.36. The van der Waals surface area contributed by atoms with Crippen LogP contribution in [0.4, 0.5) is 10.7 Å². The Kier molecular flexibility index (Phi) is 6.83. The lowest BCUT2D eigenvalue weighted by Gasteiger charge is -2.08. The molecule has 0 aliphatic carbocycles. The lowest BCUT2D eigenvalue weighted by atomic mass is 10.1. The maximum absolute atomic E-state index is 12.2. The summed E-state index contributed by atoms with van der Waals surface area (Å²) in [6, 6.07) is 5.26. The maximum atomic E-state index is 12.2. The Bertz CT molecular complexity index is 919. The molecule has 9 nitrogen and oxygen atoms in total. The zero-order valence-corrected chi connectivity index (χ0v) is 16.3. The molecule has 1 aromatic carbocycles. The first-order valence-corrected chi connectivity index (χ1v) is 9.04. The average Bonchev–Trinajstić information content (AvgIpc) is 2.96. The SMILES string of the molecule is CCOC(=O)c1c(NC(=O)COc2ccc([N+](=O)[O-])cc2)sc(C(C)=O)c1C. The number of thiophene rings is 1. The highest BCUT2D eigenvalue weighted by Crippen LogP contribution is 2.34. The van der Waals surface area contributed by atoms with Crippen molar-refractivity contribution in [2.24, 2.45) is 0 Å². The minimum atomic E-state index is -0.629. The van der Waals surface area contributed by atoms with Gasteiger partial charge >= 0.3 is 5.97 Å². The van der Waals surface area contributed by atoms with Crippen LogP contribution in [0.1, 0.15) is 39.4 Å². The lowest BCUT2D eigenvalue weighted by Crippen LogP contribution is -2.21. The number of non-ortho nitro benzene ring substituents is 1. The molecule has 0 aliphatic heterocycles. The topological polar surface area (TPSA) is 125 Å². The van der Waals surface area contributed by atoms with Gasteiger partial charge in [-0.2, -0.15) is 0 Å². The summed E-state index contributed by atoms with van der Waals surface area (Å²) in [4.78, 5) is 46.6. The van der Waals surface area contributed by atoms with E-state index in [1.807, 2.05) is 0 Å². The van der Waals surface area contributed by atoms with Gasteiger partial charge in [-0.3, -0.25) is 19.7 Å². The number of esters is 1. The van der Waals surface area contributed by atoms with Crippen molar-refractivity contribution in [1.82, 2.24) is 0 Å². The fraction of sp³-hybridized carbons (Fsp3) is 0.278. The van der Waals surface area contributed by atoms with Gasteiger partial charge in [-0.05, 0) is 38.5 Å². The van der Waals surface area contributed by atoms with E-state index in [1.165, 1.54) is 31.2 Å². The normalized spacial score (nSPS) is 10.2. The highest BCUT2D eigenvalue weighted by Gasteiger charge is 2.25.